The summed E-state index contributed by atoms with van der Waals surface area (Å²) in [6.07, 6.45) is 2.80. The zero-order valence-corrected chi connectivity index (χ0v) is 18.7. The third-order valence-corrected chi connectivity index (χ3v) is 5.84. The molecule has 0 bridgehead atoms. The van der Waals surface area contributed by atoms with Crippen LogP contribution in [0.3, 0.4) is 0 Å². The maximum Gasteiger partial charge on any atom is 0.258 e. The molecule has 2 fully saturated rings. The largest absolute Gasteiger partial charge is 0.484 e. The van der Waals surface area contributed by atoms with Gasteiger partial charge in [-0.2, -0.15) is 0 Å². The fourth-order valence-corrected chi connectivity index (χ4v) is 3.94. The molecule has 31 heavy (non-hydrogen) atoms. The number of anilines is 1. The van der Waals surface area contributed by atoms with Crippen molar-refractivity contribution in [1.29, 1.82) is 0 Å². The highest BCUT2D eigenvalue weighted by Crippen LogP contribution is 2.34. The van der Waals surface area contributed by atoms with E-state index in [1.165, 1.54) is 0 Å². The fraction of sp³-hybridized carbons (Fsp3) is 0.391. The zero-order valence-electron chi connectivity index (χ0n) is 17.1. The normalized spacial score (nSPS) is 21.2. The molecular weight excluding hydrogens is 464 g/mol. The van der Waals surface area contributed by atoms with E-state index in [2.05, 4.69) is 21.2 Å². The summed E-state index contributed by atoms with van der Waals surface area (Å²) in [5.74, 6) is 0.308. The van der Waals surface area contributed by atoms with E-state index in [1.807, 2.05) is 36.4 Å². The summed E-state index contributed by atoms with van der Waals surface area (Å²) in [6, 6.07) is 14.8. The van der Waals surface area contributed by atoms with Gasteiger partial charge in [0.2, 0.25) is 0 Å². The summed E-state index contributed by atoms with van der Waals surface area (Å²) in [5.41, 5.74) is 1.61. The standard InChI is InChI=1S/C23H25BrN2O5/c24-17-6-8-18(9-7-17)26-22(28)15-31-23(26)16-4-10-19(11-5-16)30-14-21(27)25-13-20-3-1-2-12-29-20/h4-11,20,23H,1-3,12-15H2,(H,25,27). The number of carbonyl (C=O) groups excluding carboxylic acids is 2. The molecule has 8 heteroatoms. The van der Waals surface area contributed by atoms with Crippen molar-refractivity contribution in [3.05, 3.63) is 58.6 Å². The molecule has 2 aliphatic heterocycles. The molecule has 1 N–H and O–H groups in total. The van der Waals surface area contributed by atoms with Gasteiger partial charge in [-0.25, -0.2) is 0 Å². The molecule has 0 spiro atoms. The zero-order chi connectivity index (χ0) is 21.6. The SMILES string of the molecule is O=C(COc1ccc(C2OCC(=O)N2c2ccc(Br)cc2)cc1)NCC1CCCCO1. The highest BCUT2D eigenvalue weighted by atomic mass is 79.9. The van der Waals surface area contributed by atoms with Crippen molar-refractivity contribution in [1.82, 2.24) is 5.32 Å². The molecule has 4 rings (SSSR count). The Morgan fingerprint density at radius 2 is 1.87 bits per heavy atom. The number of ether oxygens (including phenoxy) is 3. The summed E-state index contributed by atoms with van der Waals surface area (Å²) in [6.45, 7) is 1.25. The first-order valence-corrected chi connectivity index (χ1v) is 11.2. The number of carbonyl (C=O) groups is 2. The summed E-state index contributed by atoms with van der Waals surface area (Å²) >= 11 is 3.41. The summed E-state index contributed by atoms with van der Waals surface area (Å²) in [7, 11) is 0. The Labute approximate surface area is 189 Å². The Morgan fingerprint density at radius 1 is 1.10 bits per heavy atom. The lowest BCUT2D eigenvalue weighted by Gasteiger charge is -2.24. The first kappa shape index (κ1) is 21.8. The minimum absolute atomic E-state index is 0.0316. The number of benzene rings is 2. The first-order valence-electron chi connectivity index (χ1n) is 10.4. The van der Waals surface area contributed by atoms with Crippen LogP contribution in [0, 0.1) is 0 Å². The predicted octanol–water partition coefficient (Wildman–Crippen LogP) is 3.58. The third-order valence-electron chi connectivity index (χ3n) is 5.31. The second-order valence-corrected chi connectivity index (χ2v) is 8.47. The van der Waals surface area contributed by atoms with Gasteiger partial charge in [0.1, 0.15) is 12.4 Å². The molecule has 7 nitrogen and oxygen atoms in total. The van der Waals surface area contributed by atoms with Crippen LogP contribution in [-0.4, -0.2) is 44.3 Å². The minimum atomic E-state index is -0.499. The van der Waals surface area contributed by atoms with Crippen LogP contribution in [0.25, 0.3) is 0 Å². The summed E-state index contributed by atoms with van der Waals surface area (Å²) in [4.78, 5) is 26.1. The van der Waals surface area contributed by atoms with Crippen molar-refractivity contribution in [2.45, 2.75) is 31.6 Å². The average molecular weight is 489 g/mol. The van der Waals surface area contributed by atoms with Crippen LogP contribution in [0.2, 0.25) is 0 Å². The Hall–Kier alpha value is -2.42. The molecule has 2 unspecified atom stereocenters. The van der Waals surface area contributed by atoms with E-state index in [0.717, 1.165) is 41.6 Å². The van der Waals surface area contributed by atoms with Crippen LogP contribution in [0.5, 0.6) is 5.75 Å². The predicted molar refractivity (Wildman–Crippen MR) is 119 cm³/mol. The lowest BCUT2D eigenvalue weighted by atomic mass is 10.1. The molecule has 2 saturated heterocycles. The van der Waals surface area contributed by atoms with Gasteiger partial charge < -0.3 is 19.5 Å². The average Bonchev–Trinajstić information content (AvgIpc) is 3.19. The number of rotatable bonds is 7. The molecule has 2 aliphatic rings. The van der Waals surface area contributed by atoms with Crippen LogP contribution >= 0.6 is 15.9 Å². The van der Waals surface area contributed by atoms with Gasteiger partial charge in [-0.1, -0.05) is 28.1 Å². The Bertz CT molecular complexity index is 897. The minimum Gasteiger partial charge on any atom is -0.484 e. The molecule has 2 amide bonds. The quantitative estimate of drug-likeness (QED) is 0.644. The maximum atomic E-state index is 12.4. The van der Waals surface area contributed by atoms with Crippen molar-refractivity contribution >= 4 is 33.4 Å². The van der Waals surface area contributed by atoms with Gasteiger partial charge in [0.25, 0.3) is 11.8 Å². The molecule has 0 radical (unpaired) electrons. The summed E-state index contributed by atoms with van der Waals surface area (Å²) in [5, 5.41) is 2.86. The Balaban J connectivity index is 1.31. The van der Waals surface area contributed by atoms with Crippen molar-refractivity contribution in [3.63, 3.8) is 0 Å². The van der Waals surface area contributed by atoms with Gasteiger partial charge in [-0.15, -0.1) is 0 Å². The van der Waals surface area contributed by atoms with Gasteiger partial charge in [-0.05, 0) is 55.7 Å². The highest BCUT2D eigenvalue weighted by molar-refractivity contribution is 9.10. The lowest BCUT2D eigenvalue weighted by Crippen LogP contribution is -2.37. The maximum absolute atomic E-state index is 12.4. The number of nitrogens with zero attached hydrogens (tertiary/aromatic N) is 1. The van der Waals surface area contributed by atoms with E-state index in [-0.39, 0.29) is 31.1 Å². The van der Waals surface area contributed by atoms with Crippen LogP contribution in [0.4, 0.5) is 5.69 Å². The molecule has 0 aromatic heterocycles. The van der Waals surface area contributed by atoms with Gasteiger partial charge in [0.15, 0.2) is 12.8 Å². The van der Waals surface area contributed by atoms with Crippen molar-refractivity contribution in [3.8, 4) is 5.75 Å². The van der Waals surface area contributed by atoms with E-state index in [1.54, 1.807) is 17.0 Å². The van der Waals surface area contributed by atoms with E-state index in [0.29, 0.717) is 12.3 Å². The molecule has 164 valence electrons. The molecule has 2 aromatic carbocycles. The fourth-order valence-electron chi connectivity index (χ4n) is 3.68. The van der Waals surface area contributed by atoms with Crippen LogP contribution in [-0.2, 0) is 19.1 Å². The molecule has 0 aliphatic carbocycles. The van der Waals surface area contributed by atoms with Gasteiger partial charge in [0.05, 0.1) is 6.10 Å². The van der Waals surface area contributed by atoms with Gasteiger partial charge >= 0.3 is 0 Å². The third kappa shape index (κ3) is 5.64. The van der Waals surface area contributed by atoms with Crippen molar-refractivity contribution in [2.75, 3.05) is 31.3 Å². The number of amides is 2. The molecule has 2 heterocycles. The molecule has 2 atom stereocenters. The topological polar surface area (TPSA) is 77.1 Å². The van der Waals surface area contributed by atoms with E-state index in [4.69, 9.17) is 14.2 Å². The Kier molecular flexibility index (Phi) is 7.21. The summed E-state index contributed by atoms with van der Waals surface area (Å²) < 4.78 is 17.9. The van der Waals surface area contributed by atoms with Crippen LogP contribution in [0.15, 0.2) is 53.0 Å². The first-order chi connectivity index (χ1) is 15.1. The Morgan fingerprint density at radius 3 is 2.58 bits per heavy atom. The molecule has 0 saturated carbocycles. The van der Waals surface area contributed by atoms with E-state index in [9.17, 15) is 9.59 Å². The number of nitrogens with one attached hydrogen (secondary N) is 1. The lowest BCUT2D eigenvalue weighted by molar-refractivity contribution is -0.124. The monoisotopic (exact) mass is 488 g/mol. The smallest absolute Gasteiger partial charge is 0.258 e. The van der Waals surface area contributed by atoms with E-state index >= 15 is 0 Å². The number of halogens is 1. The van der Waals surface area contributed by atoms with Crippen molar-refractivity contribution in [2.24, 2.45) is 0 Å². The van der Waals surface area contributed by atoms with Crippen LogP contribution < -0.4 is 15.0 Å². The second kappa shape index (κ2) is 10.3. The second-order valence-electron chi connectivity index (χ2n) is 7.55. The van der Waals surface area contributed by atoms with Crippen LogP contribution in [0.1, 0.15) is 31.1 Å². The number of hydrogen-bond donors (Lipinski definition) is 1. The molecule has 2 aromatic rings. The van der Waals surface area contributed by atoms with E-state index < -0.39 is 6.23 Å². The van der Waals surface area contributed by atoms with Gasteiger partial charge in [-0.3, -0.25) is 14.5 Å². The van der Waals surface area contributed by atoms with Crippen molar-refractivity contribution < 1.29 is 23.8 Å². The number of hydrogen-bond acceptors (Lipinski definition) is 5. The molecular formula is C23H25BrN2O5. The highest BCUT2D eigenvalue weighted by Gasteiger charge is 2.34. The van der Waals surface area contributed by atoms with Gasteiger partial charge in [0, 0.05) is 28.9 Å².